The second-order valence-electron chi connectivity index (χ2n) is 8.31. The third-order valence-corrected chi connectivity index (χ3v) is 7.96. The van der Waals surface area contributed by atoms with Crippen LogP contribution in [0, 0.1) is 11.8 Å². The van der Waals surface area contributed by atoms with Crippen molar-refractivity contribution in [1.29, 1.82) is 0 Å². The zero-order chi connectivity index (χ0) is 19.3. The number of nitrogens with one attached hydrogen (secondary N) is 1. The second-order valence-corrected chi connectivity index (χ2v) is 10.5. The van der Waals surface area contributed by atoms with Crippen LogP contribution in [0.1, 0.15) is 45.4 Å². The van der Waals surface area contributed by atoms with Gasteiger partial charge in [-0.15, -0.1) is 24.0 Å². The summed E-state index contributed by atoms with van der Waals surface area (Å²) < 4.78 is 23.4. The van der Waals surface area contributed by atoms with Crippen LogP contribution in [0.15, 0.2) is 4.99 Å². The van der Waals surface area contributed by atoms with Crippen LogP contribution in [-0.2, 0) is 14.6 Å². The highest BCUT2D eigenvalue weighted by molar-refractivity contribution is 14.0. The van der Waals surface area contributed by atoms with E-state index in [2.05, 4.69) is 10.2 Å². The van der Waals surface area contributed by atoms with E-state index in [1.54, 1.807) is 6.92 Å². The van der Waals surface area contributed by atoms with Crippen LogP contribution in [-0.4, -0.2) is 80.9 Å². The third-order valence-electron chi connectivity index (χ3n) is 6.12. The van der Waals surface area contributed by atoms with E-state index in [-0.39, 0.29) is 41.6 Å². The number of hydrogen-bond donors (Lipinski definition) is 1. The number of carbonyl (C=O) groups excluding carboxylic acids is 1. The van der Waals surface area contributed by atoms with E-state index in [1.165, 1.54) is 32.1 Å². The standard InChI is InChI=1S/C19H34N4O3S.HI/c1-16(24)22-8-10-23(11-9-22)19(20-13-17-5-3-2-4-6-17)21-14-18-7-12-27(25,26)15-18;/h17-18H,2-15H2,1H3,(H,20,21);1H. The number of rotatable bonds is 4. The smallest absolute Gasteiger partial charge is 0.219 e. The maximum absolute atomic E-state index is 11.7. The number of hydrogen-bond acceptors (Lipinski definition) is 4. The summed E-state index contributed by atoms with van der Waals surface area (Å²) in [5.41, 5.74) is 0. The number of amides is 1. The predicted octanol–water partition coefficient (Wildman–Crippen LogP) is 1.73. The molecule has 0 bridgehead atoms. The summed E-state index contributed by atoms with van der Waals surface area (Å²) in [6, 6.07) is 0. The van der Waals surface area contributed by atoms with Gasteiger partial charge >= 0.3 is 0 Å². The Bertz CT molecular complexity index is 642. The lowest BCUT2D eigenvalue weighted by Crippen LogP contribution is -2.54. The van der Waals surface area contributed by atoms with Gasteiger partial charge in [0.05, 0.1) is 11.5 Å². The number of nitrogens with zero attached hydrogens (tertiary/aromatic N) is 3. The number of aliphatic imine (C=N–C) groups is 1. The van der Waals surface area contributed by atoms with Gasteiger partial charge in [-0.1, -0.05) is 19.3 Å². The minimum Gasteiger partial charge on any atom is -0.356 e. The first-order valence-corrected chi connectivity index (χ1v) is 12.2. The van der Waals surface area contributed by atoms with Crippen LogP contribution in [0.25, 0.3) is 0 Å². The fourth-order valence-electron chi connectivity index (χ4n) is 4.36. The third kappa shape index (κ3) is 7.03. The summed E-state index contributed by atoms with van der Waals surface area (Å²) in [5.74, 6) is 2.43. The molecule has 0 spiro atoms. The molecule has 0 aromatic heterocycles. The van der Waals surface area contributed by atoms with E-state index in [1.807, 2.05) is 4.90 Å². The quantitative estimate of drug-likeness (QED) is 0.343. The minimum absolute atomic E-state index is 0. The number of halogens is 1. The normalized spacial score (nSPS) is 26.0. The molecule has 0 aromatic rings. The molecule has 1 saturated carbocycles. The van der Waals surface area contributed by atoms with Crippen molar-refractivity contribution in [2.24, 2.45) is 16.8 Å². The molecular formula is C19H35IN4O3S. The van der Waals surface area contributed by atoms with Crippen molar-refractivity contribution in [1.82, 2.24) is 15.1 Å². The molecule has 1 amide bonds. The summed E-state index contributed by atoms with van der Waals surface area (Å²) >= 11 is 0. The Balaban J connectivity index is 0.00000280. The Kier molecular flexibility index (Phi) is 9.30. The molecule has 2 saturated heterocycles. The van der Waals surface area contributed by atoms with Gasteiger partial charge in [0.2, 0.25) is 5.91 Å². The maximum atomic E-state index is 11.7. The first kappa shape index (κ1) is 23.7. The summed E-state index contributed by atoms with van der Waals surface area (Å²) in [6.07, 6.45) is 7.26. The van der Waals surface area contributed by atoms with Crippen molar-refractivity contribution in [2.75, 3.05) is 50.8 Å². The van der Waals surface area contributed by atoms with Gasteiger partial charge in [0, 0.05) is 46.2 Å². The van der Waals surface area contributed by atoms with E-state index in [0.717, 1.165) is 45.1 Å². The highest BCUT2D eigenvalue weighted by atomic mass is 127. The highest BCUT2D eigenvalue weighted by Gasteiger charge is 2.28. The van der Waals surface area contributed by atoms with Gasteiger partial charge in [-0.25, -0.2) is 8.42 Å². The van der Waals surface area contributed by atoms with Gasteiger partial charge in [-0.05, 0) is 31.1 Å². The van der Waals surface area contributed by atoms with E-state index in [0.29, 0.717) is 18.2 Å². The van der Waals surface area contributed by atoms with Crippen LogP contribution < -0.4 is 5.32 Å². The summed E-state index contributed by atoms with van der Waals surface area (Å²) in [4.78, 5) is 20.5. The molecule has 1 unspecified atom stereocenters. The Morgan fingerprint density at radius 2 is 1.64 bits per heavy atom. The van der Waals surface area contributed by atoms with E-state index < -0.39 is 9.84 Å². The molecule has 7 nitrogen and oxygen atoms in total. The minimum atomic E-state index is -2.86. The molecule has 0 radical (unpaired) electrons. The molecule has 1 atom stereocenters. The lowest BCUT2D eigenvalue weighted by Gasteiger charge is -2.37. The van der Waals surface area contributed by atoms with Crippen molar-refractivity contribution >= 4 is 45.7 Å². The van der Waals surface area contributed by atoms with E-state index in [9.17, 15) is 13.2 Å². The zero-order valence-corrected chi connectivity index (χ0v) is 20.1. The summed E-state index contributed by atoms with van der Waals surface area (Å²) in [5, 5.41) is 3.57. The van der Waals surface area contributed by atoms with Gasteiger partial charge in [0.1, 0.15) is 0 Å². The molecule has 9 heteroatoms. The topological polar surface area (TPSA) is 82.1 Å². The fourth-order valence-corrected chi connectivity index (χ4v) is 6.21. The monoisotopic (exact) mass is 526 g/mol. The SMILES string of the molecule is CC(=O)N1CCN(C(=NCC2CCS(=O)(=O)C2)NCC2CCCCC2)CC1.I. The van der Waals surface area contributed by atoms with Crippen LogP contribution in [0.5, 0.6) is 0 Å². The molecule has 162 valence electrons. The molecule has 0 aromatic carbocycles. The van der Waals surface area contributed by atoms with Crippen LogP contribution in [0.2, 0.25) is 0 Å². The van der Waals surface area contributed by atoms with E-state index in [4.69, 9.17) is 4.99 Å². The van der Waals surface area contributed by atoms with Crippen LogP contribution >= 0.6 is 24.0 Å². The predicted molar refractivity (Wildman–Crippen MR) is 123 cm³/mol. The second kappa shape index (κ2) is 11.0. The first-order chi connectivity index (χ1) is 12.9. The van der Waals surface area contributed by atoms with E-state index >= 15 is 0 Å². The molecule has 2 aliphatic heterocycles. The number of sulfone groups is 1. The van der Waals surface area contributed by atoms with Crippen molar-refractivity contribution in [3.05, 3.63) is 0 Å². The largest absolute Gasteiger partial charge is 0.356 e. The molecule has 1 aliphatic carbocycles. The summed E-state index contributed by atoms with van der Waals surface area (Å²) in [6.45, 7) is 6.12. The fraction of sp³-hybridized carbons (Fsp3) is 0.895. The molecule has 1 N–H and O–H groups in total. The average Bonchev–Trinajstić information content (AvgIpc) is 3.01. The van der Waals surface area contributed by atoms with Gasteiger partial charge in [-0.2, -0.15) is 0 Å². The van der Waals surface area contributed by atoms with Gasteiger partial charge in [0.15, 0.2) is 15.8 Å². The summed E-state index contributed by atoms with van der Waals surface area (Å²) in [7, 11) is -2.86. The van der Waals surface area contributed by atoms with Crippen molar-refractivity contribution in [3.63, 3.8) is 0 Å². The number of carbonyl (C=O) groups is 1. The van der Waals surface area contributed by atoms with Gasteiger partial charge in [-0.3, -0.25) is 9.79 Å². The van der Waals surface area contributed by atoms with Gasteiger partial charge < -0.3 is 15.1 Å². The van der Waals surface area contributed by atoms with Crippen molar-refractivity contribution in [2.45, 2.75) is 45.4 Å². The lowest BCUT2D eigenvalue weighted by molar-refractivity contribution is -0.130. The Hall–Kier alpha value is -0.580. The maximum Gasteiger partial charge on any atom is 0.219 e. The number of guanidine groups is 1. The lowest BCUT2D eigenvalue weighted by atomic mass is 9.89. The van der Waals surface area contributed by atoms with Crippen molar-refractivity contribution < 1.29 is 13.2 Å². The molecule has 2 heterocycles. The molecule has 3 aliphatic rings. The number of piperazine rings is 1. The molecule has 28 heavy (non-hydrogen) atoms. The molecule has 3 rings (SSSR count). The molecular weight excluding hydrogens is 491 g/mol. The van der Waals surface area contributed by atoms with Crippen molar-refractivity contribution in [3.8, 4) is 0 Å². The first-order valence-electron chi connectivity index (χ1n) is 10.4. The molecule has 3 fully saturated rings. The van der Waals surface area contributed by atoms with Crippen LogP contribution in [0.3, 0.4) is 0 Å². The Labute approximate surface area is 186 Å². The highest BCUT2D eigenvalue weighted by Crippen LogP contribution is 2.23. The Morgan fingerprint density at radius 3 is 2.21 bits per heavy atom. The Morgan fingerprint density at radius 1 is 1.00 bits per heavy atom. The van der Waals surface area contributed by atoms with Gasteiger partial charge in [0.25, 0.3) is 0 Å². The van der Waals surface area contributed by atoms with Crippen LogP contribution in [0.4, 0.5) is 0 Å². The zero-order valence-electron chi connectivity index (χ0n) is 16.9. The average molecular weight is 526 g/mol.